The van der Waals surface area contributed by atoms with E-state index >= 15 is 0 Å². The highest BCUT2D eigenvalue weighted by atomic mass is 31.1. The predicted octanol–water partition coefficient (Wildman–Crippen LogP) is 4.58. The average molecular weight is 370 g/mol. The van der Waals surface area contributed by atoms with Crippen molar-refractivity contribution in [1.82, 2.24) is 9.55 Å². The molecule has 0 amide bonds. The maximum Gasteiger partial charge on any atom is 0.130 e. The van der Waals surface area contributed by atoms with Crippen molar-refractivity contribution >= 4 is 38.1 Å². The Balaban J connectivity index is 2.39. The lowest BCUT2D eigenvalue weighted by atomic mass is 9.86. The molecule has 2 radical (unpaired) electrons. The molecule has 0 saturated carbocycles. The van der Waals surface area contributed by atoms with Gasteiger partial charge < -0.3 is 9.30 Å². The van der Waals surface area contributed by atoms with Gasteiger partial charge >= 0.3 is 0 Å². The Labute approximate surface area is 156 Å². The highest BCUT2D eigenvalue weighted by Crippen LogP contribution is 2.37. The molecule has 0 aliphatic carbocycles. The number of hydrogen-bond acceptors (Lipinski definition) is 2. The van der Waals surface area contributed by atoms with Crippen LogP contribution in [0.5, 0.6) is 5.75 Å². The molecule has 1 heterocycles. The maximum absolute atomic E-state index is 5.89. The minimum absolute atomic E-state index is 0.207. The van der Waals surface area contributed by atoms with Gasteiger partial charge in [0, 0.05) is 18.1 Å². The summed E-state index contributed by atoms with van der Waals surface area (Å²) in [6.45, 7) is 11.7. The Bertz CT molecular complexity index is 781. The predicted molar refractivity (Wildman–Crippen MR) is 115 cm³/mol. The molecule has 0 spiro atoms. The van der Waals surface area contributed by atoms with Gasteiger partial charge in [-0.15, -0.1) is 18.5 Å². The van der Waals surface area contributed by atoms with E-state index in [2.05, 4.69) is 47.7 Å². The summed E-state index contributed by atoms with van der Waals surface area (Å²) >= 11 is 0. The van der Waals surface area contributed by atoms with Gasteiger partial charge in [-0.05, 0) is 51.0 Å². The molecule has 0 N–H and O–H groups in total. The molecule has 2 unspecified atom stereocenters. The van der Waals surface area contributed by atoms with E-state index in [0.717, 1.165) is 28.4 Å². The van der Waals surface area contributed by atoms with Crippen molar-refractivity contribution in [1.29, 1.82) is 0 Å². The average Bonchev–Trinajstić information content (AvgIpc) is 2.85. The standard InChI is InChI=1S/C19H25BN2OP2/c1-6-14(12-22-13(2)11-21-17(22)19(5,24)25)15-7-9-16(10-8-15)23-18(3,4)20/h6-12H,1,24-25H2,2-5H3/b14-12+. The van der Waals surface area contributed by atoms with E-state index in [1.807, 2.05) is 57.3 Å². The van der Waals surface area contributed by atoms with Gasteiger partial charge in [-0.3, -0.25) is 0 Å². The monoisotopic (exact) mass is 370 g/mol. The molecule has 0 bridgehead atoms. The Morgan fingerprint density at radius 3 is 2.32 bits per heavy atom. The van der Waals surface area contributed by atoms with Crippen LogP contribution in [-0.2, 0) is 4.90 Å². The van der Waals surface area contributed by atoms with Gasteiger partial charge in [0.1, 0.15) is 19.4 Å². The van der Waals surface area contributed by atoms with Gasteiger partial charge in [0.25, 0.3) is 0 Å². The van der Waals surface area contributed by atoms with E-state index in [9.17, 15) is 0 Å². The quantitative estimate of drug-likeness (QED) is 0.423. The highest BCUT2D eigenvalue weighted by molar-refractivity contribution is 7.38. The van der Waals surface area contributed by atoms with Crippen LogP contribution < -0.4 is 4.74 Å². The molecule has 130 valence electrons. The van der Waals surface area contributed by atoms with Gasteiger partial charge in [0.15, 0.2) is 0 Å². The minimum Gasteiger partial charge on any atom is -0.498 e. The van der Waals surface area contributed by atoms with Crippen LogP contribution in [0.2, 0.25) is 0 Å². The van der Waals surface area contributed by atoms with Crippen molar-refractivity contribution < 1.29 is 4.74 Å². The molecule has 25 heavy (non-hydrogen) atoms. The van der Waals surface area contributed by atoms with Crippen LogP contribution in [0, 0.1) is 6.92 Å². The Hall–Kier alpha value is -1.37. The third-order valence-corrected chi connectivity index (χ3v) is 4.04. The number of benzene rings is 1. The lowest BCUT2D eigenvalue weighted by Crippen LogP contribution is -2.27. The van der Waals surface area contributed by atoms with Crippen LogP contribution in [0.3, 0.4) is 0 Å². The molecule has 6 heteroatoms. The zero-order chi connectivity index (χ0) is 18.8. The summed E-state index contributed by atoms with van der Waals surface area (Å²) < 4.78 is 7.76. The Morgan fingerprint density at radius 2 is 1.84 bits per heavy atom. The maximum atomic E-state index is 5.89. The number of imidazole rings is 1. The molecule has 1 aromatic heterocycles. The SMILES string of the molecule is [B]C(C)(C)Oc1ccc(/C(C=C)=C/n2c(C)cnc2C(C)(P)P)cc1. The normalized spacial score (nSPS) is 13.0. The Kier molecular flexibility index (Phi) is 5.97. The molecule has 2 rings (SSSR count). The molecule has 1 aromatic carbocycles. The van der Waals surface area contributed by atoms with E-state index in [1.165, 1.54) is 0 Å². The first kappa shape index (κ1) is 20.0. The fraction of sp³-hybridized carbons (Fsp3) is 0.316. The van der Waals surface area contributed by atoms with Crippen molar-refractivity contribution in [2.75, 3.05) is 0 Å². The molecule has 0 saturated heterocycles. The van der Waals surface area contributed by atoms with Gasteiger partial charge in [-0.25, -0.2) is 4.98 Å². The topological polar surface area (TPSA) is 27.1 Å². The first-order chi connectivity index (χ1) is 11.5. The summed E-state index contributed by atoms with van der Waals surface area (Å²) in [4.78, 5) is 4.32. The van der Waals surface area contributed by atoms with E-state index in [0.29, 0.717) is 0 Å². The fourth-order valence-corrected chi connectivity index (χ4v) is 2.84. The highest BCUT2D eigenvalue weighted by Gasteiger charge is 2.21. The van der Waals surface area contributed by atoms with Crippen molar-refractivity contribution in [2.45, 2.75) is 38.1 Å². The van der Waals surface area contributed by atoms with Gasteiger partial charge in [0.05, 0.1) is 10.4 Å². The largest absolute Gasteiger partial charge is 0.498 e. The number of hydrogen-bond donors (Lipinski definition) is 0. The van der Waals surface area contributed by atoms with Crippen molar-refractivity contribution in [3.05, 3.63) is 60.2 Å². The summed E-state index contributed by atoms with van der Waals surface area (Å²) in [5.41, 5.74) is 2.41. The summed E-state index contributed by atoms with van der Waals surface area (Å²) in [7, 11) is 11.5. The minimum atomic E-state index is -0.705. The first-order valence-corrected chi connectivity index (χ1v) is 9.21. The lowest BCUT2D eigenvalue weighted by Gasteiger charge is -2.22. The second-order valence-electron chi connectivity index (χ2n) is 6.89. The summed E-state index contributed by atoms with van der Waals surface area (Å²) in [6, 6.07) is 7.83. The van der Waals surface area contributed by atoms with E-state index < -0.39 is 5.50 Å². The van der Waals surface area contributed by atoms with Crippen LogP contribution in [0.25, 0.3) is 11.8 Å². The van der Waals surface area contributed by atoms with Crippen molar-refractivity contribution in [2.24, 2.45) is 0 Å². The summed E-state index contributed by atoms with van der Waals surface area (Å²) in [5.74, 6) is 1.69. The fourth-order valence-electron chi connectivity index (χ4n) is 2.41. The molecular formula is C19H25BN2OP2. The Morgan fingerprint density at radius 1 is 1.24 bits per heavy atom. The zero-order valence-electron chi connectivity index (χ0n) is 15.3. The molecule has 2 atom stereocenters. The first-order valence-electron chi connectivity index (χ1n) is 8.06. The molecule has 0 fully saturated rings. The van der Waals surface area contributed by atoms with Gasteiger partial charge in [0.2, 0.25) is 0 Å². The third-order valence-electron chi connectivity index (χ3n) is 3.52. The summed E-state index contributed by atoms with van der Waals surface area (Å²) in [6.07, 6.45) is 5.77. The van der Waals surface area contributed by atoms with E-state index in [1.54, 1.807) is 0 Å². The molecular weight excluding hydrogens is 345 g/mol. The van der Waals surface area contributed by atoms with Gasteiger partial charge in [-0.2, -0.15) is 0 Å². The number of ether oxygens (including phenoxy) is 1. The second kappa shape index (κ2) is 7.48. The third kappa shape index (κ3) is 5.30. The van der Waals surface area contributed by atoms with Crippen LogP contribution >= 0.6 is 18.5 Å². The zero-order valence-corrected chi connectivity index (χ0v) is 17.6. The number of rotatable bonds is 6. The molecule has 0 aliphatic heterocycles. The number of aryl methyl sites for hydroxylation is 1. The lowest BCUT2D eigenvalue weighted by molar-refractivity contribution is 0.198. The van der Waals surface area contributed by atoms with E-state index in [4.69, 9.17) is 12.6 Å². The number of aromatic nitrogens is 2. The van der Waals surface area contributed by atoms with Gasteiger partial charge in [-0.1, -0.05) is 24.8 Å². The van der Waals surface area contributed by atoms with Crippen LogP contribution in [0.15, 0.2) is 43.1 Å². The van der Waals surface area contributed by atoms with Crippen molar-refractivity contribution in [3.63, 3.8) is 0 Å². The molecule has 3 nitrogen and oxygen atoms in total. The molecule has 2 aromatic rings. The van der Waals surface area contributed by atoms with E-state index in [-0.39, 0.29) is 4.90 Å². The summed E-state index contributed by atoms with van der Waals surface area (Å²) in [5, 5.41) is 0. The van der Waals surface area contributed by atoms with Crippen LogP contribution in [0.1, 0.15) is 37.9 Å². The van der Waals surface area contributed by atoms with Crippen molar-refractivity contribution in [3.8, 4) is 5.75 Å². The number of nitrogens with zero attached hydrogens (tertiary/aromatic N) is 2. The second-order valence-corrected chi connectivity index (χ2v) is 9.96. The smallest absolute Gasteiger partial charge is 0.130 e. The number of allylic oxidation sites excluding steroid dienone is 2. The van der Waals surface area contributed by atoms with Crippen LogP contribution in [0.4, 0.5) is 0 Å². The molecule has 0 aliphatic rings. The van der Waals surface area contributed by atoms with Crippen LogP contribution in [-0.4, -0.2) is 22.9 Å².